The molecule has 5 aliphatic rings. The fourth-order valence-corrected chi connectivity index (χ4v) is 7.18. The highest BCUT2D eigenvalue weighted by molar-refractivity contribution is 6.31. The van der Waals surface area contributed by atoms with Crippen LogP contribution in [0.1, 0.15) is 55.5 Å². The van der Waals surface area contributed by atoms with Crippen LogP contribution < -0.4 is 5.43 Å². The third kappa shape index (κ3) is 3.55. The highest BCUT2D eigenvalue weighted by Gasteiger charge is 2.58. The molecule has 3 heterocycles. The van der Waals surface area contributed by atoms with E-state index in [-0.39, 0.29) is 60.9 Å². The molecular formula is C36H21ClO9. The maximum absolute atomic E-state index is 12.6. The summed E-state index contributed by atoms with van der Waals surface area (Å²) >= 11 is 6.29. The summed E-state index contributed by atoms with van der Waals surface area (Å²) in [6, 6.07) is 24.4. The topological polar surface area (TPSA) is 144 Å². The predicted molar refractivity (Wildman–Crippen MR) is 167 cm³/mol. The number of fused-ring (bicyclic) bond motifs is 3. The van der Waals surface area contributed by atoms with Crippen LogP contribution in [0.2, 0.25) is 5.02 Å². The molecule has 3 aliphatic heterocycles. The Balaban J connectivity index is 1.57. The number of halogens is 1. The predicted octanol–water partition coefficient (Wildman–Crippen LogP) is 7.15. The number of carboxylic acids is 2. The molecule has 9 rings (SSSR count). The minimum absolute atomic E-state index is 0.0140. The van der Waals surface area contributed by atoms with Crippen molar-refractivity contribution in [2.75, 3.05) is 0 Å². The standard InChI is InChI=1S/C36H21ClO9/c1-35-21-9-2-4-11-23(21)36(46-45-35,24-12-5-3-10-22(24)35)25-13-19-29(15-27(25)38)44-30-16-28(39)26(37)14-20(30)32(19)31-17(33(40)41)7-6-8-18(31)34(42)43/h2-16,38H,1H3,(H,40,41)(H,42,43). The Morgan fingerprint density at radius 2 is 1.30 bits per heavy atom. The second-order valence-corrected chi connectivity index (χ2v) is 11.8. The minimum Gasteiger partial charge on any atom is -0.507 e. The number of phenols is 1. The monoisotopic (exact) mass is 632 g/mol. The highest BCUT2D eigenvalue weighted by atomic mass is 35.5. The van der Waals surface area contributed by atoms with Gasteiger partial charge in [0.25, 0.3) is 0 Å². The van der Waals surface area contributed by atoms with Crippen molar-refractivity contribution in [1.82, 2.24) is 0 Å². The van der Waals surface area contributed by atoms with Gasteiger partial charge in [-0.1, -0.05) is 66.2 Å². The van der Waals surface area contributed by atoms with Crippen LogP contribution in [0, 0.1) is 0 Å². The smallest absolute Gasteiger partial charge is 0.336 e. The first-order valence-electron chi connectivity index (χ1n) is 14.2. The van der Waals surface area contributed by atoms with Gasteiger partial charge < -0.3 is 19.7 Å². The number of benzene rings is 5. The first-order valence-corrected chi connectivity index (χ1v) is 14.5. The first kappa shape index (κ1) is 28.0. The van der Waals surface area contributed by atoms with Gasteiger partial charge in [0.15, 0.2) is 11.2 Å². The van der Waals surface area contributed by atoms with Crippen molar-refractivity contribution in [3.05, 3.63) is 145 Å². The molecule has 0 amide bonds. The Morgan fingerprint density at radius 3 is 1.89 bits per heavy atom. The Bertz CT molecular complexity index is 2280. The van der Waals surface area contributed by atoms with Crippen LogP contribution >= 0.6 is 11.6 Å². The number of phenolic OH excluding ortho intramolecular Hbond substituents is 1. The summed E-state index contributed by atoms with van der Waals surface area (Å²) in [5, 5.41) is 32.3. The Hall–Kier alpha value is -5.48. The third-order valence-electron chi connectivity index (χ3n) is 9.02. The summed E-state index contributed by atoms with van der Waals surface area (Å²) in [4.78, 5) is 50.1. The summed E-state index contributed by atoms with van der Waals surface area (Å²) in [6.45, 7) is 1.90. The second-order valence-electron chi connectivity index (χ2n) is 11.4. The molecule has 0 fully saturated rings. The molecule has 0 saturated carbocycles. The summed E-state index contributed by atoms with van der Waals surface area (Å²) < 4.78 is 6.11. The van der Waals surface area contributed by atoms with Gasteiger partial charge in [-0.2, -0.15) is 0 Å². The van der Waals surface area contributed by atoms with Crippen molar-refractivity contribution in [2.45, 2.75) is 18.1 Å². The fraction of sp³-hybridized carbons (Fsp3) is 0.0833. The van der Waals surface area contributed by atoms with Gasteiger partial charge in [0.1, 0.15) is 17.1 Å². The lowest BCUT2D eigenvalue weighted by Gasteiger charge is -2.52. The van der Waals surface area contributed by atoms with E-state index in [1.165, 1.54) is 30.3 Å². The number of hydrogen-bond acceptors (Lipinski definition) is 7. The van der Waals surface area contributed by atoms with Crippen LogP contribution in [-0.2, 0) is 21.0 Å². The molecule has 0 atom stereocenters. The molecule has 0 radical (unpaired) electrons. The maximum Gasteiger partial charge on any atom is 0.336 e. The second kappa shape index (κ2) is 9.51. The van der Waals surface area contributed by atoms with Gasteiger partial charge in [0.2, 0.25) is 5.43 Å². The average Bonchev–Trinajstić information content (AvgIpc) is 3.04. The zero-order valence-electron chi connectivity index (χ0n) is 23.8. The van der Waals surface area contributed by atoms with Crippen molar-refractivity contribution < 1.29 is 39.1 Å². The number of carboxylic acid groups (broad SMARTS) is 2. The molecule has 4 aromatic rings. The van der Waals surface area contributed by atoms with E-state index in [1.54, 1.807) is 6.07 Å². The third-order valence-corrected chi connectivity index (χ3v) is 9.31. The first-order chi connectivity index (χ1) is 22.1. The largest absolute Gasteiger partial charge is 0.507 e. The van der Waals surface area contributed by atoms with Crippen LogP contribution in [0.5, 0.6) is 5.75 Å². The fourth-order valence-electron chi connectivity index (χ4n) is 7.02. The van der Waals surface area contributed by atoms with E-state index >= 15 is 0 Å². The summed E-state index contributed by atoms with van der Waals surface area (Å²) in [6.07, 6.45) is 0. The molecule has 2 bridgehead atoms. The van der Waals surface area contributed by atoms with E-state index in [4.69, 9.17) is 25.8 Å². The molecule has 0 unspecified atom stereocenters. The van der Waals surface area contributed by atoms with Crippen LogP contribution in [0.15, 0.2) is 100 Å². The van der Waals surface area contributed by atoms with E-state index in [2.05, 4.69) is 0 Å². The molecule has 226 valence electrons. The Labute approximate surface area is 264 Å². The molecule has 0 aromatic heterocycles. The molecule has 2 aliphatic carbocycles. The maximum atomic E-state index is 12.6. The number of aromatic hydroxyl groups is 1. The lowest BCUT2D eigenvalue weighted by Crippen LogP contribution is -2.51. The van der Waals surface area contributed by atoms with Crippen molar-refractivity contribution in [3.8, 4) is 28.2 Å². The summed E-state index contributed by atoms with van der Waals surface area (Å²) in [7, 11) is 0. The van der Waals surface area contributed by atoms with E-state index in [1.807, 2.05) is 55.5 Å². The molecular weight excluding hydrogens is 612 g/mol. The zero-order valence-corrected chi connectivity index (χ0v) is 24.6. The van der Waals surface area contributed by atoms with E-state index in [0.29, 0.717) is 11.1 Å². The molecule has 46 heavy (non-hydrogen) atoms. The Kier molecular flexibility index (Phi) is 5.79. The quantitative estimate of drug-likeness (QED) is 0.136. The van der Waals surface area contributed by atoms with Crippen molar-refractivity contribution in [3.63, 3.8) is 0 Å². The molecule has 4 aromatic carbocycles. The highest BCUT2D eigenvalue weighted by Crippen LogP contribution is 2.60. The van der Waals surface area contributed by atoms with E-state index in [0.717, 1.165) is 17.2 Å². The number of hydrogen-bond donors (Lipinski definition) is 3. The molecule has 0 saturated heterocycles. The molecule has 0 spiro atoms. The lowest BCUT2D eigenvalue weighted by atomic mass is 9.64. The SMILES string of the molecule is CC12OOC(c3cc4c(-c5c(C(=O)O)cccc5C(=O)O)c5cc(Cl)c(=O)cc-5oc4cc3O)(c3ccccc31)c1ccccc12. The van der Waals surface area contributed by atoms with Crippen molar-refractivity contribution in [2.24, 2.45) is 0 Å². The van der Waals surface area contributed by atoms with Gasteiger partial charge in [-0.05, 0) is 42.3 Å². The van der Waals surface area contributed by atoms with Crippen LogP contribution in [0.25, 0.3) is 33.4 Å². The number of carbonyl (C=O) groups is 2. The van der Waals surface area contributed by atoms with Crippen LogP contribution in [0.4, 0.5) is 0 Å². The molecule has 9 nitrogen and oxygen atoms in total. The Morgan fingerprint density at radius 1 is 0.717 bits per heavy atom. The van der Waals surface area contributed by atoms with Gasteiger partial charge in [0, 0.05) is 50.9 Å². The van der Waals surface area contributed by atoms with Gasteiger partial charge in [-0.15, -0.1) is 0 Å². The van der Waals surface area contributed by atoms with Crippen molar-refractivity contribution >= 4 is 34.5 Å². The van der Waals surface area contributed by atoms with E-state index < -0.39 is 28.6 Å². The van der Waals surface area contributed by atoms with Gasteiger partial charge in [0.05, 0.1) is 16.1 Å². The summed E-state index contributed by atoms with van der Waals surface area (Å²) in [5.74, 6) is -2.98. The number of rotatable bonds is 4. The average molecular weight is 633 g/mol. The molecule has 3 N–H and O–H groups in total. The van der Waals surface area contributed by atoms with Gasteiger partial charge >= 0.3 is 11.9 Å². The zero-order chi connectivity index (χ0) is 32.1. The lowest BCUT2D eigenvalue weighted by molar-refractivity contribution is -0.415. The summed E-state index contributed by atoms with van der Waals surface area (Å²) in [5.41, 5.74) is -0.0413. The minimum atomic E-state index is -1.49. The van der Waals surface area contributed by atoms with Gasteiger partial charge in [-0.25, -0.2) is 19.4 Å². The van der Waals surface area contributed by atoms with Crippen LogP contribution in [-0.4, -0.2) is 27.3 Å². The van der Waals surface area contributed by atoms with E-state index in [9.17, 15) is 29.7 Å². The van der Waals surface area contributed by atoms with Crippen LogP contribution in [0.3, 0.4) is 0 Å². The van der Waals surface area contributed by atoms with Gasteiger partial charge in [-0.3, -0.25) is 4.79 Å². The normalized spacial score (nSPS) is 19.6. The molecule has 10 heteroatoms. The van der Waals surface area contributed by atoms with Crippen molar-refractivity contribution in [1.29, 1.82) is 0 Å². The number of aromatic carboxylic acids is 2.